The minimum atomic E-state index is -4.19. The maximum Gasteiger partial charge on any atom is 0.357 e. The average molecular weight is 444 g/mol. The Kier molecular flexibility index (Phi) is 7.06. The Hall–Kier alpha value is -3.20. The standard InChI is InChI=1S/C22H25N3O5S/c1-16(2)21-22(31(27,28)30-18-7-5-4-6-8-18)25(15-17-11-13-23-14-12-17)19(24-21)9-10-20(26)29-3/h4-8,11-14,16H,9-10,15H2,1-3H3. The van der Waals surface area contributed by atoms with Crippen molar-refractivity contribution >= 4 is 16.1 Å². The van der Waals surface area contributed by atoms with Gasteiger partial charge in [0.05, 0.1) is 25.8 Å². The van der Waals surface area contributed by atoms with Crippen molar-refractivity contribution in [2.45, 2.75) is 44.2 Å². The van der Waals surface area contributed by atoms with Gasteiger partial charge >= 0.3 is 16.1 Å². The van der Waals surface area contributed by atoms with E-state index in [2.05, 4.69) is 9.97 Å². The van der Waals surface area contributed by atoms with E-state index >= 15 is 0 Å². The Bertz CT molecular complexity index is 1130. The van der Waals surface area contributed by atoms with E-state index in [9.17, 15) is 13.2 Å². The van der Waals surface area contributed by atoms with E-state index in [0.717, 1.165) is 5.56 Å². The largest absolute Gasteiger partial charge is 0.469 e. The van der Waals surface area contributed by atoms with Gasteiger partial charge in [0, 0.05) is 18.8 Å². The number of para-hydroxylation sites is 1. The average Bonchev–Trinajstić information content (AvgIpc) is 3.12. The molecule has 0 amide bonds. The van der Waals surface area contributed by atoms with Gasteiger partial charge in [-0.3, -0.25) is 9.78 Å². The summed E-state index contributed by atoms with van der Waals surface area (Å²) in [5.41, 5.74) is 1.24. The molecular formula is C22H25N3O5S. The molecule has 0 saturated carbocycles. The van der Waals surface area contributed by atoms with Gasteiger partial charge in [-0.1, -0.05) is 32.0 Å². The molecule has 2 aromatic heterocycles. The van der Waals surface area contributed by atoms with Crippen LogP contribution in [0.1, 0.15) is 43.3 Å². The van der Waals surface area contributed by atoms with Gasteiger partial charge in [0.15, 0.2) is 5.03 Å². The minimum absolute atomic E-state index is 0.0111. The van der Waals surface area contributed by atoms with Crippen molar-refractivity contribution in [3.8, 4) is 5.75 Å². The van der Waals surface area contributed by atoms with E-state index in [1.165, 1.54) is 7.11 Å². The molecule has 164 valence electrons. The lowest BCUT2D eigenvalue weighted by molar-refractivity contribution is -0.140. The van der Waals surface area contributed by atoms with Gasteiger partial charge in [-0.15, -0.1) is 0 Å². The van der Waals surface area contributed by atoms with E-state index in [1.54, 1.807) is 59.4 Å². The number of aryl methyl sites for hydroxylation is 1. The summed E-state index contributed by atoms with van der Waals surface area (Å²) in [4.78, 5) is 20.3. The first-order chi connectivity index (χ1) is 14.8. The number of carbonyl (C=O) groups is 1. The number of carbonyl (C=O) groups excluding carboxylic acids is 1. The van der Waals surface area contributed by atoms with E-state index in [0.29, 0.717) is 11.5 Å². The topological polar surface area (TPSA) is 100 Å². The first kappa shape index (κ1) is 22.5. The first-order valence-electron chi connectivity index (χ1n) is 9.86. The molecule has 2 heterocycles. The maximum atomic E-state index is 13.4. The molecule has 0 unspecified atom stereocenters. The van der Waals surface area contributed by atoms with E-state index < -0.39 is 16.1 Å². The van der Waals surface area contributed by atoms with Crippen LogP contribution < -0.4 is 4.18 Å². The Labute approximate surface area is 182 Å². The predicted octanol–water partition coefficient (Wildman–Crippen LogP) is 3.32. The molecule has 1 aromatic carbocycles. The maximum absolute atomic E-state index is 13.4. The molecule has 31 heavy (non-hydrogen) atoms. The Morgan fingerprint density at radius 2 is 1.77 bits per heavy atom. The summed E-state index contributed by atoms with van der Waals surface area (Å²) in [6, 6.07) is 11.9. The summed E-state index contributed by atoms with van der Waals surface area (Å²) >= 11 is 0. The second kappa shape index (κ2) is 9.74. The van der Waals surface area contributed by atoms with Crippen molar-refractivity contribution in [3.63, 3.8) is 0 Å². The lowest BCUT2D eigenvalue weighted by atomic mass is 10.1. The molecule has 3 aromatic rings. The van der Waals surface area contributed by atoms with Gasteiger partial charge in [-0.25, -0.2) is 4.98 Å². The zero-order valence-electron chi connectivity index (χ0n) is 17.7. The van der Waals surface area contributed by atoms with Crippen LogP contribution in [0.15, 0.2) is 59.9 Å². The van der Waals surface area contributed by atoms with Gasteiger partial charge in [0.25, 0.3) is 0 Å². The molecule has 8 nitrogen and oxygen atoms in total. The minimum Gasteiger partial charge on any atom is -0.469 e. The third-order valence-electron chi connectivity index (χ3n) is 4.63. The van der Waals surface area contributed by atoms with Crippen LogP contribution in [-0.2, 0) is 32.6 Å². The number of hydrogen-bond donors (Lipinski definition) is 0. The molecule has 0 aliphatic carbocycles. The molecule has 0 fully saturated rings. The number of aromatic nitrogens is 3. The lowest BCUT2D eigenvalue weighted by Crippen LogP contribution is -2.19. The van der Waals surface area contributed by atoms with Crippen molar-refractivity contribution in [2.24, 2.45) is 0 Å². The normalized spacial score (nSPS) is 11.5. The highest BCUT2D eigenvalue weighted by atomic mass is 32.2. The third-order valence-corrected chi connectivity index (χ3v) is 5.94. The predicted molar refractivity (Wildman–Crippen MR) is 114 cm³/mol. The molecule has 0 N–H and O–H groups in total. The van der Waals surface area contributed by atoms with Crippen LogP contribution in [0.4, 0.5) is 0 Å². The van der Waals surface area contributed by atoms with Crippen molar-refractivity contribution in [2.75, 3.05) is 7.11 Å². The molecule has 3 rings (SSSR count). The highest BCUT2D eigenvalue weighted by Crippen LogP contribution is 2.29. The van der Waals surface area contributed by atoms with Crippen LogP contribution in [0, 0.1) is 0 Å². The van der Waals surface area contributed by atoms with Crippen LogP contribution in [0.25, 0.3) is 0 Å². The van der Waals surface area contributed by atoms with Crippen LogP contribution in [-0.4, -0.2) is 36.0 Å². The summed E-state index contributed by atoms with van der Waals surface area (Å²) in [7, 11) is -2.88. The summed E-state index contributed by atoms with van der Waals surface area (Å²) in [5.74, 6) is 0.111. The van der Waals surface area contributed by atoms with Gasteiger partial charge in [-0.2, -0.15) is 8.42 Å². The number of benzene rings is 1. The number of methoxy groups -OCH3 is 1. The van der Waals surface area contributed by atoms with Gasteiger partial charge in [0.1, 0.15) is 11.6 Å². The second-order valence-electron chi connectivity index (χ2n) is 7.24. The fraction of sp³-hybridized carbons (Fsp3) is 0.318. The Morgan fingerprint density at radius 1 is 1.10 bits per heavy atom. The quantitative estimate of drug-likeness (QED) is 0.369. The van der Waals surface area contributed by atoms with Gasteiger partial charge < -0.3 is 13.5 Å². The molecule has 0 radical (unpaired) electrons. The van der Waals surface area contributed by atoms with Crippen molar-refractivity contribution in [3.05, 3.63) is 71.9 Å². The molecule has 0 saturated heterocycles. The summed E-state index contributed by atoms with van der Waals surface area (Å²) < 4.78 is 38.5. The van der Waals surface area contributed by atoms with Crippen molar-refractivity contribution < 1.29 is 22.1 Å². The molecule has 0 aliphatic heterocycles. The summed E-state index contributed by atoms with van der Waals surface area (Å²) in [5, 5.41) is -0.0111. The molecule has 0 aliphatic rings. The van der Waals surface area contributed by atoms with Crippen LogP contribution in [0.2, 0.25) is 0 Å². The zero-order valence-corrected chi connectivity index (χ0v) is 18.5. The number of nitrogens with zero attached hydrogens (tertiary/aromatic N) is 3. The molecule has 0 atom stereocenters. The molecule has 9 heteroatoms. The lowest BCUT2D eigenvalue weighted by Gasteiger charge is -2.14. The smallest absolute Gasteiger partial charge is 0.357 e. The first-order valence-corrected chi connectivity index (χ1v) is 11.3. The van der Waals surface area contributed by atoms with Crippen LogP contribution in [0.3, 0.4) is 0 Å². The van der Waals surface area contributed by atoms with Gasteiger partial charge in [-0.05, 0) is 35.7 Å². The highest BCUT2D eigenvalue weighted by molar-refractivity contribution is 7.87. The van der Waals surface area contributed by atoms with E-state index in [1.807, 2.05) is 13.8 Å². The number of esters is 1. The molecule has 0 spiro atoms. The number of imidazole rings is 1. The van der Waals surface area contributed by atoms with Crippen molar-refractivity contribution in [1.29, 1.82) is 0 Å². The van der Waals surface area contributed by atoms with Crippen LogP contribution >= 0.6 is 0 Å². The molecular weight excluding hydrogens is 418 g/mol. The highest BCUT2D eigenvalue weighted by Gasteiger charge is 2.31. The number of pyridine rings is 1. The van der Waals surface area contributed by atoms with Gasteiger partial charge in [0.2, 0.25) is 0 Å². The fourth-order valence-corrected chi connectivity index (χ4v) is 4.55. The van der Waals surface area contributed by atoms with Crippen LogP contribution in [0.5, 0.6) is 5.75 Å². The van der Waals surface area contributed by atoms with Crippen molar-refractivity contribution in [1.82, 2.24) is 14.5 Å². The molecule has 0 bridgehead atoms. The van der Waals surface area contributed by atoms with E-state index in [4.69, 9.17) is 8.92 Å². The Balaban J connectivity index is 2.11. The number of hydrogen-bond acceptors (Lipinski definition) is 7. The third kappa shape index (κ3) is 5.49. The SMILES string of the molecule is COC(=O)CCc1nc(C(C)C)c(S(=O)(=O)Oc2ccccc2)n1Cc1ccncc1. The monoisotopic (exact) mass is 443 g/mol. The fourth-order valence-electron chi connectivity index (χ4n) is 3.12. The number of rotatable bonds is 9. The Morgan fingerprint density at radius 3 is 2.39 bits per heavy atom. The second-order valence-corrected chi connectivity index (χ2v) is 8.70. The van der Waals surface area contributed by atoms with E-state index in [-0.39, 0.29) is 36.1 Å². The summed E-state index contributed by atoms with van der Waals surface area (Å²) in [6.07, 6.45) is 3.59. The summed E-state index contributed by atoms with van der Waals surface area (Å²) in [6.45, 7) is 3.97. The number of ether oxygens (including phenoxy) is 1. The zero-order chi connectivity index (χ0) is 22.4.